The first-order chi connectivity index (χ1) is 9.95. The summed E-state index contributed by atoms with van der Waals surface area (Å²) in [4.78, 5) is 23.3. The van der Waals surface area contributed by atoms with Crippen molar-refractivity contribution in [1.82, 2.24) is 5.32 Å². The summed E-state index contributed by atoms with van der Waals surface area (Å²) in [6.45, 7) is 4.95. The second-order valence-corrected chi connectivity index (χ2v) is 6.52. The normalized spacial score (nSPS) is 23.8. The van der Waals surface area contributed by atoms with Crippen LogP contribution in [0.15, 0.2) is 0 Å². The molecular formula is C16H30N2O3. The van der Waals surface area contributed by atoms with E-state index in [-0.39, 0.29) is 11.9 Å². The molecule has 1 amide bonds. The van der Waals surface area contributed by atoms with Crippen LogP contribution in [0, 0.1) is 17.8 Å². The molecule has 0 aromatic carbocycles. The third-order valence-corrected chi connectivity index (χ3v) is 4.65. The maximum atomic E-state index is 12.1. The zero-order chi connectivity index (χ0) is 15.8. The molecular weight excluding hydrogens is 268 g/mol. The Hall–Kier alpha value is -1.10. The third kappa shape index (κ3) is 6.04. The zero-order valence-electron chi connectivity index (χ0n) is 13.3. The summed E-state index contributed by atoms with van der Waals surface area (Å²) in [6.07, 6.45) is 5.61. The van der Waals surface area contributed by atoms with Crippen molar-refractivity contribution in [2.24, 2.45) is 23.5 Å². The number of hydrogen-bond acceptors (Lipinski definition) is 3. The van der Waals surface area contributed by atoms with Gasteiger partial charge in [-0.05, 0) is 44.1 Å². The lowest BCUT2D eigenvalue weighted by atomic mass is 9.84. The van der Waals surface area contributed by atoms with Gasteiger partial charge in [0.2, 0.25) is 5.91 Å². The molecule has 0 aromatic rings. The van der Waals surface area contributed by atoms with E-state index in [2.05, 4.69) is 19.2 Å². The van der Waals surface area contributed by atoms with Crippen LogP contribution in [-0.2, 0) is 9.59 Å². The summed E-state index contributed by atoms with van der Waals surface area (Å²) in [7, 11) is 0. The van der Waals surface area contributed by atoms with E-state index in [1.54, 1.807) is 0 Å². The van der Waals surface area contributed by atoms with Crippen molar-refractivity contribution in [2.45, 2.75) is 64.8 Å². The molecule has 3 unspecified atom stereocenters. The topological polar surface area (TPSA) is 92.4 Å². The largest absolute Gasteiger partial charge is 0.481 e. The Morgan fingerprint density at radius 1 is 1.24 bits per heavy atom. The Kier molecular flexibility index (Phi) is 7.72. The van der Waals surface area contributed by atoms with Gasteiger partial charge in [0, 0.05) is 12.5 Å². The second-order valence-electron chi connectivity index (χ2n) is 6.52. The van der Waals surface area contributed by atoms with Crippen LogP contribution in [0.25, 0.3) is 0 Å². The summed E-state index contributed by atoms with van der Waals surface area (Å²) in [6, 6.07) is -0.198. The number of carboxylic acids is 1. The van der Waals surface area contributed by atoms with Crippen LogP contribution in [0.2, 0.25) is 0 Å². The molecule has 1 aliphatic carbocycles. The van der Waals surface area contributed by atoms with Crippen LogP contribution in [0.3, 0.4) is 0 Å². The highest BCUT2D eigenvalue weighted by atomic mass is 16.4. The van der Waals surface area contributed by atoms with Gasteiger partial charge in [0.25, 0.3) is 0 Å². The summed E-state index contributed by atoms with van der Waals surface area (Å²) >= 11 is 0. The monoisotopic (exact) mass is 298 g/mol. The van der Waals surface area contributed by atoms with Crippen molar-refractivity contribution in [3.8, 4) is 0 Å². The van der Waals surface area contributed by atoms with Gasteiger partial charge >= 0.3 is 5.97 Å². The first-order valence-electron chi connectivity index (χ1n) is 8.18. The number of aliphatic carboxylic acids is 1. The molecule has 4 N–H and O–H groups in total. The van der Waals surface area contributed by atoms with Crippen LogP contribution in [0.4, 0.5) is 0 Å². The third-order valence-electron chi connectivity index (χ3n) is 4.65. The smallest absolute Gasteiger partial charge is 0.308 e. The fourth-order valence-electron chi connectivity index (χ4n) is 3.22. The minimum atomic E-state index is -0.789. The van der Waals surface area contributed by atoms with Gasteiger partial charge in [-0.3, -0.25) is 9.59 Å². The van der Waals surface area contributed by atoms with Crippen molar-refractivity contribution >= 4 is 11.9 Å². The molecule has 5 heteroatoms. The Morgan fingerprint density at radius 2 is 1.90 bits per heavy atom. The first kappa shape index (κ1) is 18.0. The maximum Gasteiger partial charge on any atom is 0.308 e. The molecule has 0 bridgehead atoms. The molecule has 1 aliphatic rings. The number of amides is 1. The predicted molar refractivity (Wildman–Crippen MR) is 82.8 cm³/mol. The highest BCUT2D eigenvalue weighted by Crippen LogP contribution is 2.25. The molecule has 0 saturated heterocycles. The van der Waals surface area contributed by atoms with E-state index in [0.717, 1.165) is 32.1 Å². The van der Waals surface area contributed by atoms with E-state index in [1.807, 2.05) is 0 Å². The highest BCUT2D eigenvalue weighted by Gasteiger charge is 2.31. The summed E-state index contributed by atoms with van der Waals surface area (Å²) in [5.41, 5.74) is 5.61. The molecule has 5 nitrogen and oxygen atoms in total. The second kappa shape index (κ2) is 9.03. The van der Waals surface area contributed by atoms with Crippen molar-refractivity contribution in [3.05, 3.63) is 0 Å². The Labute approximate surface area is 127 Å². The van der Waals surface area contributed by atoms with E-state index in [1.165, 1.54) is 0 Å². The van der Waals surface area contributed by atoms with Gasteiger partial charge < -0.3 is 16.2 Å². The van der Waals surface area contributed by atoms with Crippen LogP contribution in [0.1, 0.15) is 58.8 Å². The van der Waals surface area contributed by atoms with Crippen LogP contribution in [-0.4, -0.2) is 29.6 Å². The summed E-state index contributed by atoms with van der Waals surface area (Å²) in [5.74, 6) is -0.253. The van der Waals surface area contributed by atoms with Gasteiger partial charge in [-0.1, -0.05) is 26.7 Å². The molecule has 0 aromatic heterocycles. The fourth-order valence-corrected chi connectivity index (χ4v) is 3.22. The van der Waals surface area contributed by atoms with Crippen LogP contribution in [0.5, 0.6) is 0 Å². The molecule has 0 spiro atoms. The highest BCUT2D eigenvalue weighted by molar-refractivity contribution is 5.78. The minimum Gasteiger partial charge on any atom is -0.481 e. The van der Waals surface area contributed by atoms with E-state index in [0.29, 0.717) is 31.2 Å². The SMILES string of the molecule is CC(C)C(CCN)CCC(=O)NC1CCCCC1C(=O)O. The number of carbonyl (C=O) groups is 2. The zero-order valence-corrected chi connectivity index (χ0v) is 13.3. The van der Waals surface area contributed by atoms with Gasteiger partial charge in [0.1, 0.15) is 0 Å². The molecule has 122 valence electrons. The number of carboxylic acid groups (broad SMARTS) is 1. The number of carbonyl (C=O) groups excluding carboxylic acids is 1. The average Bonchev–Trinajstić information content (AvgIpc) is 2.43. The molecule has 1 saturated carbocycles. The molecule has 0 heterocycles. The van der Waals surface area contributed by atoms with Crippen LogP contribution < -0.4 is 11.1 Å². The minimum absolute atomic E-state index is 0.0178. The molecule has 0 radical (unpaired) electrons. The number of hydrogen-bond donors (Lipinski definition) is 3. The van der Waals surface area contributed by atoms with Crippen molar-refractivity contribution < 1.29 is 14.7 Å². The summed E-state index contributed by atoms with van der Waals surface area (Å²) in [5, 5.41) is 12.2. The van der Waals surface area contributed by atoms with E-state index < -0.39 is 11.9 Å². The lowest BCUT2D eigenvalue weighted by molar-refractivity contribution is -0.144. The quantitative estimate of drug-likeness (QED) is 0.640. The van der Waals surface area contributed by atoms with Gasteiger partial charge in [-0.15, -0.1) is 0 Å². The van der Waals surface area contributed by atoms with E-state index >= 15 is 0 Å². The van der Waals surface area contributed by atoms with Gasteiger partial charge in [0.05, 0.1) is 5.92 Å². The van der Waals surface area contributed by atoms with Crippen molar-refractivity contribution in [2.75, 3.05) is 6.54 Å². The predicted octanol–water partition coefficient (Wildman–Crippen LogP) is 2.15. The maximum absolute atomic E-state index is 12.1. The van der Waals surface area contributed by atoms with Crippen molar-refractivity contribution in [3.63, 3.8) is 0 Å². The molecule has 3 atom stereocenters. The van der Waals surface area contributed by atoms with Gasteiger partial charge in [-0.2, -0.15) is 0 Å². The number of nitrogens with two attached hydrogens (primary N) is 1. The van der Waals surface area contributed by atoms with Crippen LogP contribution >= 0.6 is 0 Å². The van der Waals surface area contributed by atoms with Gasteiger partial charge in [0.15, 0.2) is 0 Å². The van der Waals surface area contributed by atoms with E-state index in [4.69, 9.17) is 5.73 Å². The van der Waals surface area contributed by atoms with Crippen molar-refractivity contribution in [1.29, 1.82) is 0 Å². The Morgan fingerprint density at radius 3 is 2.48 bits per heavy atom. The molecule has 21 heavy (non-hydrogen) atoms. The summed E-state index contributed by atoms with van der Waals surface area (Å²) < 4.78 is 0. The fraction of sp³-hybridized carbons (Fsp3) is 0.875. The molecule has 1 fully saturated rings. The number of nitrogens with one attached hydrogen (secondary N) is 1. The first-order valence-corrected chi connectivity index (χ1v) is 8.18. The lowest BCUT2D eigenvalue weighted by Gasteiger charge is -2.29. The van der Waals surface area contributed by atoms with E-state index in [9.17, 15) is 14.7 Å². The Balaban J connectivity index is 2.42. The average molecular weight is 298 g/mol. The molecule has 1 rings (SSSR count). The standard InChI is InChI=1S/C16H30N2O3/c1-11(2)12(9-10-17)7-8-15(19)18-14-6-4-3-5-13(14)16(20)21/h11-14H,3-10,17H2,1-2H3,(H,18,19)(H,20,21). The lowest BCUT2D eigenvalue weighted by Crippen LogP contribution is -2.45. The number of rotatable bonds is 8. The Bertz CT molecular complexity index is 344. The molecule has 0 aliphatic heterocycles. The van der Waals surface area contributed by atoms with Gasteiger partial charge in [-0.25, -0.2) is 0 Å².